The van der Waals surface area contributed by atoms with Crippen LogP contribution in [0.5, 0.6) is 0 Å². The highest BCUT2D eigenvalue weighted by atomic mass is 19.4. The molecule has 0 aliphatic heterocycles. The summed E-state index contributed by atoms with van der Waals surface area (Å²) >= 11 is 0. The zero-order valence-electron chi connectivity index (χ0n) is 10.5. The molecule has 1 fully saturated rings. The Hall–Kier alpha value is -1.43. The van der Waals surface area contributed by atoms with Gasteiger partial charge in [0.15, 0.2) is 0 Å². The Morgan fingerprint density at radius 2 is 2.05 bits per heavy atom. The van der Waals surface area contributed by atoms with Crippen molar-refractivity contribution in [1.29, 1.82) is 0 Å². The predicted octanol–water partition coefficient (Wildman–Crippen LogP) is 3.17. The second-order valence-electron chi connectivity index (χ2n) is 4.64. The van der Waals surface area contributed by atoms with Gasteiger partial charge in [-0.3, -0.25) is 4.79 Å². The molecule has 1 saturated carbocycles. The lowest BCUT2D eigenvalue weighted by atomic mass is 9.78. The molecular weight excluding hydrogens is 261 g/mol. The average molecular weight is 278 g/mol. The molecule has 0 heterocycles. The fourth-order valence-corrected chi connectivity index (χ4v) is 2.37. The maximum Gasteiger partial charge on any atom is 0.392 e. The predicted molar refractivity (Wildman–Crippen MR) is 63.1 cm³/mol. The fourth-order valence-electron chi connectivity index (χ4n) is 2.37. The van der Waals surface area contributed by atoms with E-state index >= 15 is 0 Å². The quantitative estimate of drug-likeness (QED) is 0.356. The zero-order valence-corrected chi connectivity index (χ0v) is 10.5. The van der Waals surface area contributed by atoms with Gasteiger partial charge in [-0.2, -0.15) is 13.2 Å². The lowest BCUT2D eigenvalue weighted by Crippen LogP contribution is -2.42. The summed E-state index contributed by atoms with van der Waals surface area (Å²) < 4.78 is 38.4. The SMILES string of the molecule is [N-]=[N+]=NCCCNC(=O)C1CCCCC1C(F)(F)F. The number of carbonyl (C=O) groups is 1. The molecule has 0 aromatic carbocycles. The van der Waals surface area contributed by atoms with E-state index in [9.17, 15) is 18.0 Å². The Labute approximate surface area is 109 Å². The van der Waals surface area contributed by atoms with Crippen molar-refractivity contribution in [3.05, 3.63) is 10.4 Å². The highest BCUT2D eigenvalue weighted by Gasteiger charge is 2.47. The third-order valence-electron chi connectivity index (χ3n) is 3.32. The molecule has 1 N–H and O–H groups in total. The summed E-state index contributed by atoms with van der Waals surface area (Å²) in [5, 5.41) is 5.78. The highest BCUT2D eigenvalue weighted by Crippen LogP contribution is 2.41. The minimum atomic E-state index is -4.31. The summed E-state index contributed by atoms with van der Waals surface area (Å²) in [6, 6.07) is 0. The van der Waals surface area contributed by atoms with E-state index in [4.69, 9.17) is 5.53 Å². The zero-order chi connectivity index (χ0) is 14.3. The van der Waals surface area contributed by atoms with Crippen molar-refractivity contribution in [2.75, 3.05) is 13.1 Å². The molecule has 1 aliphatic carbocycles. The van der Waals surface area contributed by atoms with Gasteiger partial charge in [0.05, 0.1) is 5.92 Å². The molecule has 0 bridgehead atoms. The van der Waals surface area contributed by atoms with Gasteiger partial charge in [-0.05, 0) is 24.8 Å². The molecule has 8 heteroatoms. The number of alkyl halides is 3. The molecule has 0 saturated heterocycles. The van der Waals surface area contributed by atoms with Crippen LogP contribution in [0.3, 0.4) is 0 Å². The van der Waals surface area contributed by atoms with E-state index < -0.39 is 23.9 Å². The summed E-state index contributed by atoms with van der Waals surface area (Å²) in [7, 11) is 0. The fraction of sp³-hybridized carbons (Fsp3) is 0.909. The number of nitrogens with zero attached hydrogens (tertiary/aromatic N) is 3. The molecular formula is C11H17F3N4O. The van der Waals surface area contributed by atoms with E-state index in [0.29, 0.717) is 19.3 Å². The molecule has 108 valence electrons. The summed E-state index contributed by atoms with van der Waals surface area (Å²) in [6.07, 6.45) is -2.40. The van der Waals surface area contributed by atoms with Crippen LogP contribution < -0.4 is 5.32 Å². The smallest absolute Gasteiger partial charge is 0.356 e. The average Bonchev–Trinajstić information content (AvgIpc) is 2.37. The standard InChI is InChI=1S/C11H17F3N4O/c12-11(13,14)9-5-2-1-4-8(9)10(19)16-6-3-7-17-18-15/h8-9H,1-7H2,(H,16,19). The Morgan fingerprint density at radius 1 is 1.37 bits per heavy atom. The van der Waals surface area contributed by atoms with E-state index in [2.05, 4.69) is 15.3 Å². The molecule has 0 spiro atoms. The van der Waals surface area contributed by atoms with Crippen molar-refractivity contribution in [3.8, 4) is 0 Å². The Kier molecular flexibility index (Phi) is 5.95. The number of nitrogens with one attached hydrogen (secondary N) is 1. The van der Waals surface area contributed by atoms with Crippen LogP contribution in [0.25, 0.3) is 10.4 Å². The second kappa shape index (κ2) is 7.23. The van der Waals surface area contributed by atoms with E-state index in [1.165, 1.54) is 0 Å². The number of halogens is 3. The number of hydrogen-bond donors (Lipinski definition) is 1. The van der Waals surface area contributed by atoms with Gasteiger partial charge in [0.25, 0.3) is 0 Å². The van der Waals surface area contributed by atoms with Crippen LogP contribution in [-0.2, 0) is 4.79 Å². The van der Waals surface area contributed by atoms with E-state index in [-0.39, 0.29) is 25.9 Å². The van der Waals surface area contributed by atoms with E-state index in [1.807, 2.05) is 0 Å². The Morgan fingerprint density at radius 3 is 2.68 bits per heavy atom. The van der Waals surface area contributed by atoms with Gasteiger partial charge in [0.2, 0.25) is 5.91 Å². The first-order chi connectivity index (χ1) is 8.96. The molecule has 5 nitrogen and oxygen atoms in total. The molecule has 1 amide bonds. The largest absolute Gasteiger partial charge is 0.392 e. The maximum atomic E-state index is 12.8. The molecule has 0 aromatic rings. The molecule has 2 unspecified atom stereocenters. The number of amides is 1. The molecule has 1 rings (SSSR count). The van der Waals surface area contributed by atoms with Crippen LogP contribution in [-0.4, -0.2) is 25.2 Å². The van der Waals surface area contributed by atoms with Gasteiger partial charge in [-0.25, -0.2) is 0 Å². The van der Waals surface area contributed by atoms with Crippen molar-refractivity contribution < 1.29 is 18.0 Å². The number of carbonyl (C=O) groups excluding carboxylic acids is 1. The van der Waals surface area contributed by atoms with Gasteiger partial charge in [0, 0.05) is 23.9 Å². The van der Waals surface area contributed by atoms with Gasteiger partial charge < -0.3 is 5.32 Å². The summed E-state index contributed by atoms with van der Waals surface area (Å²) in [4.78, 5) is 14.3. The van der Waals surface area contributed by atoms with E-state index in [0.717, 1.165) is 0 Å². The topological polar surface area (TPSA) is 77.9 Å². The van der Waals surface area contributed by atoms with Crippen molar-refractivity contribution >= 4 is 5.91 Å². The molecule has 1 aliphatic rings. The first kappa shape index (κ1) is 15.6. The first-order valence-corrected chi connectivity index (χ1v) is 6.32. The third kappa shape index (κ3) is 4.98. The summed E-state index contributed by atoms with van der Waals surface area (Å²) in [6.45, 7) is 0.461. The number of hydrogen-bond acceptors (Lipinski definition) is 2. The van der Waals surface area contributed by atoms with E-state index in [1.54, 1.807) is 0 Å². The maximum absolute atomic E-state index is 12.8. The molecule has 19 heavy (non-hydrogen) atoms. The monoisotopic (exact) mass is 278 g/mol. The first-order valence-electron chi connectivity index (χ1n) is 6.32. The molecule has 0 aromatic heterocycles. The van der Waals surface area contributed by atoms with Gasteiger partial charge in [-0.15, -0.1) is 0 Å². The van der Waals surface area contributed by atoms with Crippen LogP contribution >= 0.6 is 0 Å². The lowest BCUT2D eigenvalue weighted by molar-refractivity contribution is -0.198. The normalized spacial score (nSPS) is 23.5. The second-order valence-corrected chi connectivity index (χ2v) is 4.64. The van der Waals surface area contributed by atoms with Crippen LogP contribution in [0.15, 0.2) is 5.11 Å². The lowest BCUT2D eigenvalue weighted by Gasteiger charge is -2.31. The van der Waals surface area contributed by atoms with Crippen molar-refractivity contribution in [3.63, 3.8) is 0 Å². The summed E-state index contributed by atoms with van der Waals surface area (Å²) in [5.74, 6) is -3.05. The Bertz CT molecular complexity index is 352. The van der Waals surface area contributed by atoms with Gasteiger partial charge in [-0.1, -0.05) is 18.0 Å². The van der Waals surface area contributed by atoms with Crippen molar-refractivity contribution in [2.45, 2.75) is 38.3 Å². The third-order valence-corrected chi connectivity index (χ3v) is 3.32. The van der Waals surface area contributed by atoms with Crippen LogP contribution in [0, 0.1) is 11.8 Å². The van der Waals surface area contributed by atoms with Gasteiger partial charge in [0.1, 0.15) is 0 Å². The van der Waals surface area contributed by atoms with Crippen LogP contribution in [0.4, 0.5) is 13.2 Å². The van der Waals surface area contributed by atoms with Crippen molar-refractivity contribution in [2.24, 2.45) is 17.0 Å². The number of azide groups is 1. The van der Waals surface area contributed by atoms with Crippen molar-refractivity contribution in [1.82, 2.24) is 5.32 Å². The Balaban J connectivity index is 2.46. The molecule has 0 radical (unpaired) electrons. The van der Waals surface area contributed by atoms with Gasteiger partial charge >= 0.3 is 6.18 Å². The number of rotatable bonds is 5. The minimum Gasteiger partial charge on any atom is -0.356 e. The van der Waals surface area contributed by atoms with Crippen LogP contribution in [0.1, 0.15) is 32.1 Å². The highest BCUT2D eigenvalue weighted by molar-refractivity contribution is 5.79. The van der Waals surface area contributed by atoms with Crippen LogP contribution in [0.2, 0.25) is 0 Å². The summed E-state index contributed by atoms with van der Waals surface area (Å²) in [5.41, 5.74) is 8.05. The molecule has 2 atom stereocenters. The minimum absolute atomic E-state index is 0.0281.